The van der Waals surface area contributed by atoms with Crippen LogP contribution < -0.4 is 10.1 Å². The molecule has 0 spiro atoms. The highest BCUT2D eigenvalue weighted by Gasteiger charge is 2.24. The Balaban J connectivity index is 1.37. The Morgan fingerprint density at radius 3 is 2.81 bits per heavy atom. The van der Waals surface area contributed by atoms with Gasteiger partial charge >= 0.3 is 0 Å². The van der Waals surface area contributed by atoms with Gasteiger partial charge in [-0.1, -0.05) is 36.4 Å². The molecule has 4 aromatic rings. The predicted octanol–water partition coefficient (Wildman–Crippen LogP) is 5.06. The lowest BCUT2D eigenvalue weighted by Gasteiger charge is -2.07. The topological polar surface area (TPSA) is 68.5 Å². The van der Waals surface area contributed by atoms with Gasteiger partial charge in [0, 0.05) is 24.6 Å². The van der Waals surface area contributed by atoms with Crippen LogP contribution in [-0.4, -0.2) is 27.5 Å². The van der Waals surface area contributed by atoms with Crippen LogP contribution >= 0.6 is 0 Å². The molecule has 5 rings (SSSR count). The predicted molar refractivity (Wildman–Crippen MR) is 121 cm³/mol. The van der Waals surface area contributed by atoms with E-state index in [0.717, 1.165) is 40.2 Å². The first kappa shape index (κ1) is 19.3. The van der Waals surface area contributed by atoms with Crippen LogP contribution in [-0.2, 0) is 11.2 Å². The molecule has 1 aliphatic carbocycles. The number of fused-ring (bicyclic) bond motifs is 1. The molecule has 0 aliphatic heterocycles. The zero-order chi connectivity index (χ0) is 21.2. The highest BCUT2D eigenvalue weighted by atomic mass is 16.5. The number of hydrogen-bond acceptors (Lipinski definition) is 5. The smallest absolute Gasteiger partial charge is 0.247 e. The molecule has 156 valence electrons. The van der Waals surface area contributed by atoms with Gasteiger partial charge < -0.3 is 10.1 Å². The third-order valence-electron chi connectivity index (χ3n) is 5.56. The minimum absolute atomic E-state index is 0.332. The SMILES string of the molecule is COc1ccccc1Nc1nc2ccc(-c3cccc(CC(=O)CC4CC4)c3)cn2n1. The molecule has 6 nitrogen and oxygen atoms in total. The summed E-state index contributed by atoms with van der Waals surface area (Å²) in [5.41, 5.74) is 4.70. The fourth-order valence-electron chi connectivity index (χ4n) is 3.78. The monoisotopic (exact) mass is 412 g/mol. The molecule has 1 saturated carbocycles. The average molecular weight is 412 g/mol. The van der Waals surface area contributed by atoms with E-state index in [4.69, 9.17) is 4.74 Å². The zero-order valence-electron chi connectivity index (χ0n) is 17.4. The molecule has 31 heavy (non-hydrogen) atoms. The van der Waals surface area contributed by atoms with Gasteiger partial charge in [-0.15, -0.1) is 5.10 Å². The number of nitrogens with zero attached hydrogens (tertiary/aromatic N) is 3. The molecule has 0 bridgehead atoms. The van der Waals surface area contributed by atoms with Crippen molar-refractivity contribution >= 4 is 23.1 Å². The molecule has 1 N–H and O–H groups in total. The van der Waals surface area contributed by atoms with Gasteiger partial charge in [0.1, 0.15) is 11.5 Å². The first-order valence-corrected chi connectivity index (χ1v) is 10.6. The molecule has 0 radical (unpaired) electrons. The van der Waals surface area contributed by atoms with Crippen molar-refractivity contribution in [2.24, 2.45) is 5.92 Å². The third-order valence-corrected chi connectivity index (χ3v) is 5.56. The number of methoxy groups -OCH3 is 1. The molecule has 0 unspecified atom stereocenters. The van der Waals surface area contributed by atoms with E-state index in [9.17, 15) is 4.79 Å². The largest absolute Gasteiger partial charge is 0.495 e. The van der Waals surface area contributed by atoms with Crippen molar-refractivity contribution in [3.05, 3.63) is 72.4 Å². The summed E-state index contributed by atoms with van der Waals surface area (Å²) in [4.78, 5) is 16.8. The number of para-hydroxylation sites is 2. The van der Waals surface area contributed by atoms with Crippen LogP contribution in [0.5, 0.6) is 5.75 Å². The van der Waals surface area contributed by atoms with Crippen LogP contribution in [0.15, 0.2) is 66.9 Å². The Labute approximate surface area is 180 Å². The molecule has 2 heterocycles. The van der Waals surface area contributed by atoms with Gasteiger partial charge in [0.15, 0.2) is 5.65 Å². The number of rotatable bonds is 8. The van der Waals surface area contributed by atoms with Crippen LogP contribution in [0.3, 0.4) is 0 Å². The summed E-state index contributed by atoms with van der Waals surface area (Å²) in [5, 5.41) is 7.78. The van der Waals surface area contributed by atoms with Gasteiger partial charge in [0.2, 0.25) is 5.95 Å². The van der Waals surface area contributed by atoms with Crippen LogP contribution in [0.2, 0.25) is 0 Å². The Morgan fingerprint density at radius 2 is 1.97 bits per heavy atom. The van der Waals surface area contributed by atoms with Crippen molar-refractivity contribution in [1.29, 1.82) is 0 Å². The third kappa shape index (κ3) is 4.43. The van der Waals surface area contributed by atoms with Gasteiger partial charge in [-0.2, -0.15) is 4.98 Å². The zero-order valence-corrected chi connectivity index (χ0v) is 17.4. The van der Waals surface area contributed by atoms with Crippen molar-refractivity contribution in [3.63, 3.8) is 0 Å². The molecule has 0 saturated heterocycles. The highest BCUT2D eigenvalue weighted by Crippen LogP contribution is 2.33. The summed E-state index contributed by atoms with van der Waals surface area (Å²) < 4.78 is 7.14. The Morgan fingerprint density at radius 1 is 1.10 bits per heavy atom. The average Bonchev–Trinajstić information content (AvgIpc) is 3.50. The van der Waals surface area contributed by atoms with Crippen molar-refractivity contribution in [2.45, 2.75) is 25.7 Å². The quantitative estimate of drug-likeness (QED) is 0.438. The van der Waals surface area contributed by atoms with Gasteiger partial charge in [0.05, 0.1) is 12.8 Å². The second kappa shape index (κ2) is 8.22. The molecule has 6 heteroatoms. The van der Waals surface area contributed by atoms with Crippen LogP contribution in [0.1, 0.15) is 24.8 Å². The molecule has 2 aromatic carbocycles. The Kier molecular flexibility index (Phi) is 5.12. The maximum absolute atomic E-state index is 12.2. The summed E-state index contributed by atoms with van der Waals surface area (Å²) in [5.74, 6) is 2.19. The first-order valence-electron chi connectivity index (χ1n) is 10.6. The minimum Gasteiger partial charge on any atom is -0.495 e. The Hall–Kier alpha value is -3.67. The second-order valence-electron chi connectivity index (χ2n) is 8.04. The summed E-state index contributed by atoms with van der Waals surface area (Å²) in [7, 11) is 1.64. The molecular weight excluding hydrogens is 388 g/mol. The second-order valence-corrected chi connectivity index (χ2v) is 8.04. The van der Waals surface area contributed by atoms with E-state index in [0.29, 0.717) is 24.1 Å². The highest BCUT2D eigenvalue weighted by molar-refractivity contribution is 5.82. The lowest BCUT2D eigenvalue weighted by molar-refractivity contribution is -0.118. The number of anilines is 2. The number of hydrogen-bond donors (Lipinski definition) is 1. The fraction of sp³-hybridized carbons (Fsp3) is 0.240. The summed E-state index contributed by atoms with van der Waals surface area (Å²) in [6.45, 7) is 0. The van der Waals surface area contributed by atoms with Gasteiger partial charge in [0.25, 0.3) is 0 Å². The number of carbonyl (C=O) groups is 1. The van der Waals surface area contributed by atoms with Crippen LogP contribution in [0.4, 0.5) is 11.6 Å². The number of nitrogens with one attached hydrogen (secondary N) is 1. The van der Waals surface area contributed by atoms with E-state index >= 15 is 0 Å². The minimum atomic E-state index is 0.332. The standard InChI is InChI=1S/C25H24N4O2/c1-31-23-8-3-2-7-22(23)26-25-27-24-12-11-20(16-29(24)28-25)19-6-4-5-18(13-19)15-21(30)14-17-9-10-17/h2-8,11-13,16-17H,9-10,14-15H2,1H3,(H,26,28). The molecule has 0 amide bonds. The lowest BCUT2D eigenvalue weighted by Crippen LogP contribution is -2.03. The number of ether oxygens (including phenoxy) is 1. The molecule has 2 aromatic heterocycles. The van der Waals surface area contributed by atoms with E-state index < -0.39 is 0 Å². The molecule has 0 atom stereocenters. The summed E-state index contributed by atoms with van der Waals surface area (Å²) in [6.07, 6.45) is 5.59. The van der Waals surface area contributed by atoms with E-state index in [1.807, 2.05) is 54.7 Å². The van der Waals surface area contributed by atoms with Crippen LogP contribution in [0, 0.1) is 5.92 Å². The first-order chi connectivity index (χ1) is 15.2. The van der Waals surface area contributed by atoms with Gasteiger partial charge in [-0.3, -0.25) is 4.79 Å². The van der Waals surface area contributed by atoms with Crippen LogP contribution in [0.25, 0.3) is 16.8 Å². The normalized spacial score (nSPS) is 13.3. The lowest BCUT2D eigenvalue weighted by atomic mass is 10.0. The van der Waals surface area contributed by atoms with Crippen molar-refractivity contribution in [3.8, 4) is 16.9 Å². The maximum Gasteiger partial charge on any atom is 0.247 e. The van der Waals surface area contributed by atoms with E-state index in [-0.39, 0.29) is 0 Å². The van der Waals surface area contributed by atoms with Crippen molar-refractivity contribution in [1.82, 2.24) is 14.6 Å². The number of carbonyl (C=O) groups excluding carboxylic acids is 1. The van der Waals surface area contributed by atoms with Gasteiger partial charge in [-0.25, -0.2) is 4.52 Å². The van der Waals surface area contributed by atoms with E-state index in [1.54, 1.807) is 11.6 Å². The van der Waals surface area contributed by atoms with Crippen molar-refractivity contribution < 1.29 is 9.53 Å². The fourth-order valence-corrected chi connectivity index (χ4v) is 3.78. The van der Waals surface area contributed by atoms with E-state index in [2.05, 4.69) is 27.5 Å². The van der Waals surface area contributed by atoms with Crippen molar-refractivity contribution in [2.75, 3.05) is 12.4 Å². The maximum atomic E-state index is 12.2. The molecule has 1 fully saturated rings. The van der Waals surface area contributed by atoms with Gasteiger partial charge in [-0.05, 0) is 54.2 Å². The molecular formula is C25H24N4O2. The number of aromatic nitrogens is 3. The number of Topliss-reactive ketones (excluding diaryl/α,β-unsaturated/α-hetero) is 1. The van der Waals surface area contributed by atoms with E-state index in [1.165, 1.54) is 12.8 Å². The number of ketones is 1. The summed E-state index contributed by atoms with van der Waals surface area (Å²) >= 11 is 0. The molecule has 1 aliphatic rings. The number of pyridine rings is 1. The number of benzene rings is 2. The summed E-state index contributed by atoms with van der Waals surface area (Å²) in [6, 6.07) is 19.8. The Bertz CT molecular complexity index is 1240.